The Labute approximate surface area is 124 Å². The summed E-state index contributed by atoms with van der Waals surface area (Å²) in [7, 11) is 3.14. The number of ether oxygens (including phenoxy) is 2. The number of hydrogen-bond acceptors (Lipinski definition) is 4. The molecule has 2 saturated carbocycles. The molecule has 2 fully saturated rings. The lowest BCUT2D eigenvalue weighted by atomic mass is 9.70. The van der Waals surface area contributed by atoms with E-state index < -0.39 is 11.4 Å². The summed E-state index contributed by atoms with van der Waals surface area (Å²) in [6.45, 7) is 0. The van der Waals surface area contributed by atoms with E-state index in [9.17, 15) is 9.90 Å². The van der Waals surface area contributed by atoms with Gasteiger partial charge in [-0.25, -0.2) is 0 Å². The van der Waals surface area contributed by atoms with Crippen LogP contribution in [0.5, 0.6) is 11.5 Å². The number of pyridine rings is 1. The predicted molar refractivity (Wildman–Crippen MR) is 76.6 cm³/mol. The zero-order valence-corrected chi connectivity index (χ0v) is 12.5. The molecule has 21 heavy (non-hydrogen) atoms. The van der Waals surface area contributed by atoms with Gasteiger partial charge in [0.05, 0.1) is 25.3 Å². The van der Waals surface area contributed by atoms with Crippen LogP contribution < -0.4 is 9.47 Å². The van der Waals surface area contributed by atoms with Gasteiger partial charge in [0.2, 0.25) is 0 Å². The van der Waals surface area contributed by atoms with Crippen molar-refractivity contribution in [1.29, 1.82) is 0 Å². The number of rotatable bonds is 5. The zero-order chi connectivity index (χ0) is 15.0. The highest BCUT2D eigenvalue weighted by Crippen LogP contribution is 2.58. The highest BCUT2D eigenvalue weighted by atomic mass is 16.5. The van der Waals surface area contributed by atoms with E-state index in [4.69, 9.17) is 9.47 Å². The molecule has 5 nitrogen and oxygen atoms in total. The Kier molecular flexibility index (Phi) is 3.51. The molecule has 1 aromatic heterocycles. The molecule has 0 radical (unpaired) electrons. The maximum absolute atomic E-state index is 12.0. The molecule has 2 aliphatic carbocycles. The Hall–Kier alpha value is -1.78. The smallest absolute Gasteiger partial charge is 0.310 e. The van der Waals surface area contributed by atoms with Crippen LogP contribution in [0.2, 0.25) is 0 Å². The first-order valence-electron chi connectivity index (χ1n) is 7.40. The molecule has 3 rings (SSSR count). The largest absolute Gasteiger partial charge is 0.493 e. The van der Waals surface area contributed by atoms with Gasteiger partial charge in [0, 0.05) is 18.7 Å². The third kappa shape index (κ3) is 2.15. The molecule has 5 heteroatoms. The van der Waals surface area contributed by atoms with Crippen LogP contribution in [0.25, 0.3) is 0 Å². The Morgan fingerprint density at radius 1 is 1.43 bits per heavy atom. The second-order valence-corrected chi connectivity index (χ2v) is 6.21. The highest BCUT2D eigenvalue weighted by molar-refractivity contribution is 5.76. The van der Waals surface area contributed by atoms with E-state index >= 15 is 0 Å². The first-order valence-corrected chi connectivity index (χ1v) is 7.40. The molecule has 3 atom stereocenters. The molecule has 0 spiro atoms. The van der Waals surface area contributed by atoms with Crippen LogP contribution in [0.15, 0.2) is 12.3 Å². The molecule has 1 N–H and O–H groups in total. The van der Waals surface area contributed by atoms with Gasteiger partial charge in [0.1, 0.15) is 0 Å². The molecular weight excluding hydrogens is 270 g/mol. The summed E-state index contributed by atoms with van der Waals surface area (Å²) in [5, 5.41) is 9.84. The number of methoxy groups -OCH3 is 2. The molecule has 3 unspecified atom stereocenters. The molecule has 2 aliphatic rings. The Balaban J connectivity index is 1.96. The summed E-state index contributed by atoms with van der Waals surface area (Å²) >= 11 is 0. The first kappa shape index (κ1) is 14.2. The van der Waals surface area contributed by atoms with E-state index in [0.717, 1.165) is 19.3 Å². The SMILES string of the molecule is COc1ccnc(CC2(C(=O)O)CC3CCC2C3)c1OC. The molecule has 0 saturated heterocycles. The van der Waals surface area contributed by atoms with Gasteiger partial charge in [-0.3, -0.25) is 9.78 Å². The lowest BCUT2D eigenvalue weighted by Crippen LogP contribution is -2.38. The van der Waals surface area contributed by atoms with Crippen molar-refractivity contribution in [3.8, 4) is 11.5 Å². The standard InChI is InChI=1S/C16H21NO4/c1-20-13-5-6-17-12(14(13)21-2)9-16(15(18)19)8-10-3-4-11(16)7-10/h5-6,10-11H,3-4,7-9H2,1-2H3,(H,18,19). The number of hydrogen-bond donors (Lipinski definition) is 1. The van der Waals surface area contributed by atoms with Crippen molar-refractivity contribution < 1.29 is 19.4 Å². The Morgan fingerprint density at radius 2 is 2.24 bits per heavy atom. The van der Waals surface area contributed by atoms with Crippen molar-refractivity contribution in [3.05, 3.63) is 18.0 Å². The second kappa shape index (κ2) is 5.20. The molecule has 1 aromatic rings. The van der Waals surface area contributed by atoms with E-state index in [-0.39, 0.29) is 5.92 Å². The highest BCUT2D eigenvalue weighted by Gasteiger charge is 2.56. The number of fused-ring (bicyclic) bond motifs is 2. The van der Waals surface area contributed by atoms with Crippen LogP contribution in [0.1, 0.15) is 31.4 Å². The van der Waals surface area contributed by atoms with E-state index in [1.165, 1.54) is 6.42 Å². The number of aliphatic carboxylic acids is 1. The molecule has 0 aliphatic heterocycles. The summed E-state index contributed by atoms with van der Waals surface area (Å²) in [6, 6.07) is 1.73. The molecule has 0 aromatic carbocycles. The van der Waals surface area contributed by atoms with Crippen molar-refractivity contribution in [1.82, 2.24) is 4.98 Å². The van der Waals surface area contributed by atoms with Crippen LogP contribution in [0.4, 0.5) is 0 Å². The summed E-state index contributed by atoms with van der Waals surface area (Å²) < 4.78 is 10.7. The van der Waals surface area contributed by atoms with Gasteiger partial charge in [0.25, 0.3) is 0 Å². The fourth-order valence-electron chi connectivity index (χ4n) is 4.27. The second-order valence-electron chi connectivity index (χ2n) is 6.21. The third-order valence-corrected chi connectivity index (χ3v) is 5.25. The summed E-state index contributed by atoms with van der Waals surface area (Å²) in [4.78, 5) is 16.3. The number of nitrogens with zero attached hydrogens (tertiary/aromatic N) is 1. The summed E-state index contributed by atoms with van der Waals surface area (Å²) in [5.74, 6) is 1.29. The van der Waals surface area contributed by atoms with Crippen LogP contribution >= 0.6 is 0 Å². The number of carbonyl (C=O) groups is 1. The average molecular weight is 291 g/mol. The zero-order valence-electron chi connectivity index (χ0n) is 12.5. The van der Waals surface area contributed by atoms with Crippen LogP contribution in [0.3, 0.4) is 0 Å². The summed E-state index contributed by atoms with van der Waals surface area (Å²) in [6.07, 6.45) is 6.06. The van der Waals surface area contributed by atoms with Crippen molar-refractivity contribution >= 4 is 5.97 Å². The number of carboxylic acid groups (broad SMARTS) is 1. The maximum atomic E-state index is 12.0. The monoisotopic (exact) mass is 291 g/mol. The van der Waals surface area contributed by atoms with E-state index in [1.54, 1.807) is 26.5 Å². The minimum absolute atomic E-state index is 0.262. The van der Waals surface area contributed by atoms with Gasteiger partial charge in [-0.05, 0) is 31.1 Å². The average Bonchev–Trinajstić information content (AvgIpc) is 3.08. The predicted octanol–water partition coefficient (Wildman–Crippen LogP) is 2.53. The van der Waals surface area contributed by atoms with Crippen LogP contribution in [-0.2, 0) is 11.2 Å². The van der Waals surface area contributed by atoms with Crippen molar-refractivity contribution in [2.45, 2.75) is 32.1 Å². The lowest BCUT2D eigenvalue weighted by molar-refractivity contribution is -0.152. The first-order chi connectivity index (χ1) is 10.1. The van der Waals surface area contributed by atoms with Gasteiger partial charge in [-0.2, -0.15) is 0 Å². The van der Waals surface area contributed by atoms with Crippen molar-refractivity contribution in [3.63, 3.8) is 0 Å². The maximum Gasteiger partial charge on any atom is 0.310 e. The van der Waals surface area contributed by atoms with Gasteiger partial charge >= 0.3 is 5.97 Å². The Morgan fingerprint density at radius 3 is 2.76 bits per heavy atom. The topological polar surface area (TPSA) is 68.7 Å². The quantitative estimate of drug-likeness (QED) is 0.903. The number of carboxylic acids is 1. The van der Waals surface area contributed by atoms with E-state index in [2.05, 4.69) is 4.98 Å². The minimum Gasteiger partial charge on any atom is -0.493 e. The van der Waals surface area contributed by atoms with Crippen molar-refractivity contribution in [2.24, 2.45) is 17.3 Å². The molecular formula is C16H21NO4. The van der Waals surface area contributed by atoms with Gasteiger partial charge in [-0.1, -0.05) is 6.42 Å². The molecule has 2 bridgehead atoms. The Bertz CT molecular complexity index is 559. The van der Waals surface area contributed by atoms with Crippen molar-refractivity contribution in [2.75, 3.05) is 14.2 Å². The molecule has 0 amide bonds. The normalized spacial score (nSPS) is 30.4. The van der Waals surface area contributed by atoms with Gasteiger partial charge in [0.15, 0.2) is 11.5 Å². The fraction of sp³-hybridized carbons (Fsp3) is 0.625. The van der Waals surface area contributed by atoms with Gasteiger partial charge in [-0.15, -0.1) is 0 Å². The fourth-order valence-corrected chi connectivity index (χ4v) is 4.27. The van der Waals surface area contributed by atoms with Gasteiger partial charge < -0.3 is 14.6 Å². The third-order valence-electron chi connectivity index (χ3n) is 5.25. The number of aromatic nitrogens is 1. The molecule has 1 heterocycles. The van der Waals surface area contributed by atoms with E-state index in [1.807, 2.05) is 0 Å². The minimum atomic E-state index is -0.693. The van der Waals surface area contributed by atoms with Crippen LogP contribution in [0, 0.1) is 17.3 Å². The van der Waals surface area contributed by atoms with E-state index in [0.29, 0.717) is 29.5 Å². The lowest BCUT2D eigenvalue weighted by Gasteiger charge is -2.33. The molecule has 114 valence electrons. The summed E-state index contributed by atoms with van der Waals surface area (Å²) in [5.41, 5.74) is 0.00189. The van der Waals surface area contributed by atoms with Crippen LogP contribution in [-0.4, -0.2) is 30.3 Å².